The van der Waals surface area contributed by atoms with Crippen molar-refractivity contribution >= 4 is 17.6 Å². The molecule has 2 saturated heterocycles. The highest BCUT2D eigenvalue weighted by atomic mass is 16.6. The van der Waals surface area contributed by atoms with Gasteiger partial charge in [-0.15, -0.1) is 0 Å². The third kappa shape index (κ3) is 2.33. The van der Waals surface area contributed by atoms with Crippen LogP contribution >= 0.6 is 0 Å². The van der Waals surface area contributed by atoms with Crippen molar-refractivity contribution in [1.82, 2.24) is 0 Å². The van der Waals surface area contributed by atoms with E-state index in [9.17, 15) is 9.59 Å². The lowest BCUT2D eigenvalue weighted by atomic mass is 9.77. The Bertz CT molecular complexity index is 743. The zero-order valence-electron chi connectivity index (χ0n) is 14.6. The van der Waals surface area contributed by atoms with E-state index in [1.165, 1.54) is 0 Å². The predicted molar refractivity (Wildman–Crippen MR) is 93.1 cm³/mol. The lowest BCUT2D eigenvalue weighted by molar-refractivity contribution is -0.152. The minimum atomic E-state index is -0.696. The van der Waals surface area contributed by atoms with Gasteiger partial charge in [-0.25, -0.2) is 0 Å². The number of ether oxygens (including phenoxy) is 2. The van der Waals surface area contributed by atoms with E-state index in [2.05, 4.69) is 6.92 Å². The Morgan fingerprint density at radius 3 is 2.92 bits per heavy atom. The van der Waals surface area contributed by atoms with Crippen LogP contribution in [0.3, 0.4) is 0 Å². The van der Waals surface area contributed by atoms with Gasteiger partial charge >= 0.3 is 5.97 Å². The van der Waals surface area contributed by atoms with Gasteiger partial charge in [0.05, 0.1) is 25.2 Å². The Hall–Kier alpha value is -2.14. The maximum atomic E-state index is 13.2. The monoisotopic (exact) mass is 341 g/mol. The molecule has 1 amide bonds. The lowest BCUT2D eigenvalue weighted by Gasteiger charge is -2.23. The first kappa shape index (κ1) is 16.3. The van der Waals surface area contributed by atoms with E-state index in [0.29, 0.717) is 13.2 Å². The van der Waals surface area contributed by atoms with E-state index in [4.69, 9.17) is 9.47 Å². The number of anilines is 1. The molecule has 0 N–H and O–H groups in total. The van der Waals surface area contributed by atoms with Gasteiger partial charge in [0.25, 0.3) is 0 Å². The van der Waals surface area contributed by atoms with Gasteiger partial charge in [-0.05, 0) is 24.5 Å². The molecule has 2 fully saturated rings. The topological polar surface area (TPSA) is 55.8 Å². The molecule has 0 radical (unpaired) electrons. The Kier molecular flexibility index (Phi) is 3.91. The van der Waals surface area contributed by atoms with Crippen molar-refractivity contribution in [3.63, 3.8) is 0 Å². The van der Waals surface area contributed by atoms with Crippen molar-refractivity contribution in [2.45, 2.75) is 38.4 Å². The summed E-state index contributed by atoms with van der Waals surface area (Å²) in [5.41, 5.74) is 1.34. The molecule has 25 heavy (non-hydrogen) atoms. The number of esters is 1. The maximum Gasteiger partial charge on any atom is 0.312 e. The van der Waals surface area contributed by atoms with Crippen LogP contribution in [0.1, 0.15) is 25.8 Å². The molecule has 3 aliphatic heterocycles. The van der Waals surface area contributed by atoms with Gasteiger partial charge in [0, 0.05) is 5.69 Å². The highest BCUT2D eigenvalue weighted by Crippen LogP contribution is 2.53. The van der Waals surface area contributed by atoms with Gasteiger partial charge < -0.3 is 14.4 Å². The van der Waals surface area contributed by atoms with E-state index in [0.717, 1.165) is 24.1 Å². The van der Waals surface area contributed by atoms with E-state index in [-0.39, 0.29) is 18.0 Å². The Morgan fingerprint density at radius 2 is 2.16 bits per heavy atom. The summed E-state index contributed by atoms with van der Waals surface area (Å²) in [6, 6.07) is 7.92. The first-order valence-electron chi connectivity index (χ1n) is 9.04. The highest BCUT2D eigenvalue weighted by Gasteiger charge is 2.67. The van der Waals surface area contributed by atoms with Crippen LogP contribution in [0.5, 0.6) is 0 Å². The van der Waals surface area contributed by atoms with Gasteiger partial charge in [0.2, 0.25) is 5.91 Å². The second-order valence-electron chi connectivity index (χ2n) is 6.97. The summed E-state index contributed by atoms with van der Waals surface area (Å²) in [6.07, 6.45) is 5.15. The molecule has 4 atom stereocenters. The minimum absolute atomic E-state index is 0.0359. The van der Waals surface area contributed by atoms with Crippen LogP contribution in [0.15, 0.2) is 36.4 Å². The zero-order chi connectivity index (χ0) is 17.6. The van der Waals surface area contributed by atoms with Crippen LogP contribution in [-0.4, -0.2) is 36.7 Å². The first-order chi connectivity index (χ1) is 12.1. The highest BCUT2D eigenvalue weighted by molar-refractivity contribution is 6.03. The number of para-hydroxylation sites is 1. The van der Waals surface area contributed by atoms with Crippen molar-refractivity contribution in [3.8, 4) is 0 Å². The molecule has 1 spiro atoms. The molecule has 1 aromatic rings. The van der Waals surface area contributed by atoms with Crippen LogP contribution in [0.25, 0.3) is 0 Å². The molecule has 3 aliphatic rings. The van der Waals surface area contributed by atoms with E-state index in [1.807, 2.05) is 43.3 Å². The fourth-order valence-electron chi connectivity index (χ4n) is 4.34. The van der Waals surface area contributed by atoms with Crippen molar-refractivity contribution in [2.24, 2.45) is 11.8 Å². The van der Waals surface area contributed by atoms with Crippen molar-refractivity contribution in [1.29, 1.82) is 0 Å². The van der Waals surface area contributed by atoms with Gasteiger partial charge in [0.1, 0.15) is 11.5 Å². The van der Waals surface area contributed by atoms with Crippen LogP contribution in [-0.2, 0) is 25.5 Å². The fraction of sp³-hybridized carbons (Fsp3) is 0.500. The third-order valence-corrected chi connectivity index (χ3v) is 5.48. The molecule has 0 saturated carbocycles. The standard InChI is InChI=1S/C20H23NO4/c1-3-11-24-19(23)16-15-9-10-20(25-15)12-21(18(22)17(16)20)14-8-6-5-7-13(14)4-2/h5-10,15-17H,3-4,11-12H2,1-2H3/t15-,16-,17+,20+/m1/s1. The van der Waals surface area contributed by atoms with Gasteiger partial charge in [-0.1, -0.05) is 44.2 Å². The Morgan fingerprint density at radius 1 is 1.36 bits per heavy atom. The molecule has 132 valence electrons. The summed E-state index contributed by atoms with van der Waals surface area (Å²) in [7, 11) is 0. The number of hydrogen-bond donors (Lipinski definition) is 0. The molecule has 3 heterocycles. The second kappa shape index (κ2) is 5.99. The number of carbonyl (C=O) groups excluding carboxylic acids is 2. The maximum absolute atomic E-state index is 13.2. The van der Waals surface area contributed by atoms with Gasteiger partial charge in [0.15, 0.2) is 0 Å². The van der Waals surface area contributed by atoms with E-state index in [1.54, 1.807) is 4.90 Å². The molecule has 4 rings (SSSR count). The molecule has 5 nitrogen and oxygen atoms in total. The molecule has 2 bridgehead atoms. The smallest absolute Gasteiger partial charge is 0.312 e. The number of benzene rings is 1. The van der Waals surface area contributed by atoms with E-state index >= 15 is 0 Å². The number of rotatable bonds is 5. The summed E-state index contributed by atoms with van der Waals surface area (Å²) in [4.78, 5) is 27.6. The van der Waals surface area contributed by atoms with Crippen LogP contribution in [0.4, 0.5) is 5.69 Å². The van der Waals surface area contributed by atoms with Crippen LogP contribution in [0.2, 0.25) is 0 Å². The first-order valence-corrected chi connectivity index (χ1v) is 9.04. The molecular formula is C20H23NO4. The van der Waals surface area contributed by atoms with Crippen molar-refractivity contribution in [3.05, 3.63) is 42.0 Å². The van der Waals surface area contributed by atoms with Crippen molar-refractivity contribution in [2.75, 3.05) is 18.1 Å². The number of fused-ring (bicyclic) bond motifs is 1. The average molecular weight is 341 g/mol. The van der Waals surface area contributed by atoms with Crippen LogP contribution in [0, 0.1) is 11.8 Å². The molecule has 0 aromatic heterocycles. The predicted octanol–water partition coefficient (Wildman–Crippen LogP) is 2.49. The summed E-state index contributed by atoms with van der Waals surface area (Å²) in [5, 5.41) is 0. The Labute approximate surface area is 147 Å². The van der Waals surface area contributed by atoms with E-state index < -0.39 is 17.4 Å². The van der Waals surface area contributed by atoms with Crippen LogP contribution < -0.4 is 4.90 Å². The molecule has 1 aromatic carbocycles. The summed E-state index contributed by atoms with van der Waals surface area (Å²) in [6.45, 7) is 4.86. The average Bonchev–Trinajstić information content (AvgIpc) is 3.28. The van der Waals surface area contributed by atoms with Crippen molar-refractivity contribution < 1.29 is 19.1 Å². The number of aryl methyl sites for hydroxylation is 1. The number of nitrogens with zero attached hydrogens (tertiary/aromatic N) is 1. The second-order valence-corrected chi connectivity index (χ2v) is 6.97. The minimum Gasteiger partial charge on any atom is -0.465 e. The SMILES string of the molecule is CCCOC(=O)[C@H]1[C@H]2C(=O)N(c3ccccc3CC)C[C@@]23C=C[C@H]1O3. The molecule has 0 unspecified atom stereocenters. The largest absolute Gasteiger partial charge is 0.465 e. The summed E-state index contributed by atoms with van der Waals surface area (Å²) >= 11 is 0. The lowest BCUT2D eigenvalue weighted by Crippen LogP contribution is -2.40. The zero-order valence-corrected chi connectivity index (χ0v) is 14.6. The van der Waals surface area contributed by atoms with Gasteiger partial charge in [-0.3, -0.25) is 9.59 Å². The molecular weight excluding hydrogens is 318 g/mol. The Balaban J connectivity index is 1.67. The number of amides is 1. The molecule has 5 heteroatoms. The number of carbonyl (C=O) groups is 2. The van der Waals surface area contributed by atoms with Gasteiger partial charge in [-0.2, -0.15) is 0 Å². The fourth-order valence-corrected chi connectivity index (χ4v) is 4.34. The molecule has 0 aliphatic carbocycles. The summed E-state index contributed by atoms with van der Waals surface area (Å²) < 4.78 is 11.5. The third-order valence-electron chi connectivity index (χ3n) is 5.48. The quantitative estimate of drug-likeness (QED) is 0.610. The number of hydrogen-bond acceptors (Lipinski definition) is 4. The summed E-state index contributed by atoms with van der Waals surface area (Å²) in [5.74, 6) is -1.38. The normalized spacial score (nSPS) is 32.3.